The number of quaternary nitrogens is 1. The zero-order valence-corrected chi connectivity index (χ0v) is 47.7. The molecule has 2 unspecified atom stereocenters. The first-order valence-corrected chi connectivity index (χ1v) is 31.7. The van der Waals surface area contributed by atoms with Gasteiger partial charge in [0.05, 0.1) is 27.7 Å². The number of rotatable bonds is 57. The molecule has 69 heavy (non-hydrogen) atoms. The Hall–Kier alpha value is -0.990. The first-order chi connectivity index (χ1) is 33.5. The second-order valence-corrected chi connectivity index (χ2v) is 23.5. The van der Waals surface area contributed by atoms with Gasteiger partial charge in [0.1, 0.15) is 19.8 Å². The van der Waals surface area contributed by atoms with Crippen molar-refractivity contribution in [2.75, 3.05) is 47.5 Å². The summed E-state index contributed by atoms with van der Waals surface area (Å²) < 4.78 is 34.2. The van der Waals surface area contributed by atoms with Crippen LogP contribution >= 0.6 is 7.82 Å². The van der Waals surface area contributed by atoms with Crippen molar-refractivity contribution in [2.24, 2.45) is 0 Å². The molecule has 0 aromatic heterocycles. The van der Waals surface area contributed by atoms with Crippen molar-refractivity contribution in [3.8, 4) is 0 Å². The summed E-state index contributed by atoms with van der Waals surface area (Å²) in [6, 6.07) is 0. The van der Waals surface area contributed by atoms with Gasteiger partial charge in [-0.2, -0.15) is 0 Å². The van der Waals surface area contributed by atoms with Gasteiger partial charge in [0.2, 0.25) is 0 Å². The first-order valence-electron chi connectivity index (χ1n) is 30.2. The van der Waals surface area contributed by atoms with E-state index in [9.17, 15) is 19.0 Å². The van der Waals surface area contributed by atoms with E-state index in [-0.39, 0.29) is 32.0 Å². The highest BCUT2D eigenvalue weighted by Crippen LogP contribution is 2.38. The third-order valence-corrected chi connectivity index (χ3v) is 14.8. The Morgan fingerprint density at radius 1 is 0.391 bits per heavy atom. The molecule has 0 spiro atoms. The maximum absolute atomic E-state index is 12.8. The summed E-state index contributed by atoms with van der Waals surface area (Å²) in [5, 5.41) is 0. The van der Waals surface area contributed by atoms with Crippen molar-refractivity contribution in [3.05, 3.63) is 0 Å². The molecule has 0 aliphatic carbocycles. The van der Waals surface area contributed by atoms with Crippen LogP contribution in [0.4, 0.5) is 0 Å². The van der Waals surface area contributed by atoms with Gasteiger partial charge in [0.25, 0.3) is 7.82 Å². The average Bonchev–Trinajstić information content (AvgIpc) is 3.31. The van der Waals surface area contributed by atoms with E-state index >= 15 is 0 Å². The predicted octanol–water partition coefficient (Wildman–Crippen LogP) is 18.0. The standard InChI is InChI=1S/C59H118NO8P/c1-6-8-10-12-14-16-18-20-22-24-26-27-28-29-30-31-32-33-34-36-38-40-42-44-46-48-50-52-59(62)68-57(56-67-69(63,64)66-54-53-60(3,4)5)55-65-58(61)51-49-47-45-43-41-39-37-35-25-23-21-19-17-15-13-11-9-7-2/h57H,6-56H2,1-5H3. The van der Waals surface area contributed by atoms with Crippen LogP contribution in [0.3, 0.4) is 0 Å². The Bertz CT molecular complexity index is 1130. The van der Waals surface area contributed by atoms with E-state index in [0.717, 1.165) is 32.1 Å². The minimum Gasteiger partial charge on any atom is -0.756 e. The molecule has 0 aliphatic heterocycles. The van der Waals surface area contributed by atoms with E-state index in [1.807, 2.05) is 21.1 Å². The number of hydrogen-bond donors (Lipinski definition) is 0. The number of ether oxygens (including phenoxy) is 2. The Balaban J connectivity index is 4.05. The molecule has 412 valence electrons. The first kappa shape index (κ1) is 68.0. The molecule has 0 radical (unpaired) electrons. The Morgan fingerprint density at radius 2 is 0.652 bits per heavy atom. The summed E-state index contributed by atoms with van der Waals surface area (Å²) in [6.07, 6.45) is 58.7. The van der Waals surface area contributed by atoms with Crippen LogP contribution in [0.5, 0.6) is 0 Å². The van der Waals surface area contributed by atoms with Crippen molar-refractivity contribution in [3.63, 3.8) is 0 Å². The summed E-state index contributed by atoms with van der Waals surface area (Å²) in [6.45, 7) is 4.32. The number of phosphoric acid groups is 1. The molecule has 0 aromatic rings. The Kier molecular flexibility index (Phi) is 51.1. The number of carbonyl (C=O) groups is 2. The van der Waals surface area contributed by atoms with Crippen LogP contribution in [0.15, 0.2) is 0 Å². The lowest BCUT2D eigenvalue weighted by Gasteiger charge is -2.28. The summed E-state index contributed by atoms with van der Waals surface area (Å²) >= 11 is 0. The lowest BCUT2D eigenvalue weighted by molar-refractivity contribution is -0.870. The van der Waals surface area contributed by atoms with Crippen molar-refractivity contribution < 1.29 is 42.1 Å². The summed E-state index contributed by atoms with van der Waals surface area (Å²) in [5.41, 5.74) is 0. The fourth-order valence-corrected chi connectivity index (χ4v) is 9.92. The van der Waals surface area contributed by atoms with Gasteiger partial charge in [-0.3, -0.25) is 14.2 Å². The molecular weight excluding hydrogens is 882 g/mol. The smallest absolute Gasteiger partial charge is 0.306 e. The van der Waals surface area contributed by atoms with Crippen LogP contribution in [0.25, 0.3) is 0 Å². The van der Waals surface area contributed by atoms with E-state index in [2.05, 4.69) is 13.8 Å². The van der Waals surface area contributed by atoms with Gasteiger partial charge in [-0.25, -0.2) is 0 Å². The Morgan fingerprint density at radius 3 is 0.928 bits per heavy atom. The van der Waals surface area contributed by atoms with Crippen LogP contribution in [0.1, 0.15) is 316 Å². The molecule has 0 N–H and O–H groups in total. The van der Waals surface area contributed by atoms with E-state index in [1.165, 1.54) is 250 Å². The monoisotopic (exact) mass is 1000 g/mol. The molecular formula is C59H118NO8P. The van der Waals surface area contributed by atoms with Crippen LogP contribution in [0.2, 0.25) is 0 Å². The molecule has 0 aromatic carbocycles. The molecule has 0 heterocycles. The topological polar surface area (TPSA) is 111 Å². The number of unbranched alkanes of at least 4 members (excludes halogenated alkanes) is 43. The SMILES string of the molecule is CCCCCCCCCCCCCCCCCCCCCCCCCCCCCC(=O)OC(COC(=O)CCCCCCCCCCCCCCCCCCCC)COP(=O)([O-])OCC[N+](C)(C)C. The molecule has 0 bridgehead atoms. The molecule has 0 amide bonds. The third-order valence-electron chi connectivity index (χ3n) is 13.9. The van der Waals surface area contributed by atoms with E-state index in [1.54, 1.807) is 0 Å². The molecule has 0 fully saturated rings. The Labute approximate surface area is 429 Å². The molecule has 0 saturated carbocycles. The summed E-state index contributed by atoms with van der Waals surface area (Å²) in [7, 11) is 1.19. The van der Waals surface area contributed by atoms with E-state index in [0.29, 0.717) is 17.4 Å². The second kappa shape index (κ2) is 51.9. The van der Waals surface area contributed by atoms with Gasteiger partial charge < -0.3 is 27.9 Å². The van der Waals surface area contributed by atoms with Crippen molar-refractivity contribution >= 4 is 19.8 Å². The molecule has 0 aliphatic rings. The minimum atomic E-state index is -4.63. The number of carbonyl (C=O) groups excluding carboxylic acids is 2. The highest BCUT2D eigenvalue weighted by Gasteiger charge is 2.22. The third kappa shape index (κ3) is 56.2. The quantitative estimate of drug-likeness (QED) is 0.0256. The normalized spacial score (nSPS) is 13.2. The van der Waals surface area contributed by atoms with Crippen molar-refractivity contribution in [1.82, 2.24) is 0 Å². The molecule has 10 heteroatoms. The number of esters is 2. The zero-order valence-electron chi connectivity index (χ0n) is 46.8. The number of nitrogens with zero attached hydrogens (tertiary/aromatic N) is 1. The van der Waals surface area contributed by atoms with Crippen LogP contribution in [-0.4, -0.2) is 70.0 Å². The maximum Gasteiger partial charge on any atom is 0.306 e. The maximum atomic E-state index is 12.8. The number of phosphoric ester groups is 1. The molecule has 2 atom stereocenters. The van der Waals surface area contributed by atoms with Crippen LogP contribution < -0.4 is 4.89 Å². The lowest BCUT2D eigenvalue weighted by atomic mass is 10.0. The number of likely N-dealkylation sites (N-methyl/N-ethyl adjacent to an activating group) is 1. The zero-order chi connectivity index (χ0) is 50.6. The highest BCUT2D eigenvalue weighted by molar-refractivity contribution is 7.45. The van der Waals surface area contributed by atoms with E-state index in [4.69, 9.17) is 18.5 Å². The largest absolute Gasteiger partial charge is 0.756 e. The lowest BCUT2D eigenvalue weighted by Crippen LogP contribution is -2.37. The average molecular weight is 1000 g/mol. The van der Waals surface area contributed by atoms with Crippen LogP contribution in [-0.2, 0) is 32.7 Å². The van der Waals surface area contributed by atoms with E-state index < -0.39 is 26.5 Å². The molecule has 9 nitrogen and oxygen atoms in total. The molecule has 0 saturated heterocycles. The van der Waals surface area contributed by atoms with Gasteiger partial charge in [-0.1, -0.05) is 290 Å². The second-order valence-electron chi connectivity index (χ2n) is 22.1. The van der Waals surface area contributed by atoms with Gasteiger partial charge in [0, 0.05) is 12.8 Å². The highest BCUT2D eigenvalue weighted by atomic mass is 31.2. The molecule has 0 rings (SSSR count). The summed E-state index contributed by atoms with van der Waals surface area (Å²) in [4.78, 5) is 37.9. The summed E-state index contributed by atoms with van der Waals surface area (Å²) in [5.74, 6) is -0.808. The number of hydrogen-bond acceptors (Lipinski definition) is 8. The minimum absolute atomic E-state index is 0.0250. The predicted molar refractivity (Wildman–Crippen MR) is 292 cm³/mol. The fourth-order valence-electron chi connectivity index (χ4n) is 9.19. The van der Waals surface area contributed by atoms with Crippen molar-refractivity contribution in [2.45, 2.75) is 322 Å². The van der Waals surface area contributed by atoms with Gasteiger partial charge in [0.15, 0.2) is 6.10 Å². The van der Waals surface area contributed by atoms with Crippen molar-refractivity contribution in [1.29, 1.82) is 0 Å². The fraction of sp³-hybridized carbons (Fsp3) is 0.966. The van der Waals surface area contributed by atoms with Gasteiger partial charge in [-0.15, -0.1) is 0 Å². The van der Waals surface area contributed by atoms with Gasteiger partial charge >= 0.3 is 11.9 Å². The van der Waals surface area contributed by atoms with Gasteiger partial charge in [-0.05, 0) is 12.8 Å². The van der Waals surface area contributed by atoms with Crippen LogP contribution in [0, 0.1) is 0 Å².